The fourth-order valence-corrected chi connectivity index (χ4v) is 5.65. The van der Waals surface area contributed by atoms with Crippen LogP contribution < -0.4 is 4.74 Å². The minimum absolute atomic E-state index is 0.0216. The Labute approximate surface area is 219 Å². The van der Waals surface area contributed by atoms with Crippen LogP contribution in [0.3, 0.4) is 0 Å². The van der Waals surface area contributed by atoms with Gasteiger partial charge >= 0.3 is 0 Å². The smallest absolute Gasteiger partial charge is 0.272 e. The Balaban J connectivity index is 1.32. The summed E-state index contributed by atoms with van der Waals surface area (Å²) in [6.45, 7) is 3.00. The summed E-state index contributed by atoms with van der Waals surface area (Å²) in [5.74, 6) is 1.24. The highest BCUT2D eigenvalue weighted by Crippen LogP contribution is 2.29. The predicted octanol–water partition coefficient (Wildman–Crippen LogP) is 5.84. The first kappa shape index (κ1) is 25.0. The van der Waals surface area contributed by atoms with Crippen LogP contribution in [0, 0.1) is 5.92 Å². The number of methoxy groups -OCH3 is 1. The van der Waals surface area contributed by atoms with Crippen molar-refractivity contribution in [1.82, 2.24) is 14.8 Å². The number of hydrogen-bond donors (Lipinski definition) is 0. The number of ether oxygens (including phenoxy) is 1. The van der Waals surface area contributed by atoms with Gasteiger partial charge in [-0.25, -0.2) is 0 Å². The molecule has 1 aliphatic rings. The van der Waals surface area contributed by atoms with E-state index in [-0.39, 0.29) is 11.9 Å². The third-order valence-electron chi connectivity index (χ3n) is 7.73. The summed E-state index contributed by atoms with van der Waals surface area (Å²) < 4.78 is 5.46. The molecule has 0 bridgehead atoms. The Morgan fingerprint density at radius 3 is 2.54 bits per heavy atom. The quantitative estimate of drug-likeness (QED) is 0.309. The number of hydrogen-bond acceptors (Lipinski definition) is 4. The topological polar surface area (TPSA) is 45.7 Å². The van der Waals surface area contributed by atoms with Crippen molar-refractivity contribution in [1.29, 1.82) is 0 Å². The second kappa shape index (κ2) is 11.6. The van der Waals surface area contributed by atoms with E-state index in [2.05, 4.69) is 64.5 Å². The van der Waals surface area contributed by atoms with Gasteiger partial charge in [0.15, 0.2) is 0 Å². The molecule has 5 rings (SSSR count). The van der Waals surface area contributed by atoms with Gasteiger partial charge < -0.3 is 9.64 Å². The first-order chi connectivity index (χ1) is 18.1. The first-order valence-electron chi connectivity index (χ1n) is 13.1. The Kier molecular flexibility index (Phi) is 7.81. The zero-order valence-corrected chi connectivity index (χ0v) is 21.7. The number of carbonyl (C=O) groups is 1. The molecule has 0 aliphatic carbocycles. The van der Waals surface area contributed by atoms with Crippen LogP contribution in [0.5, 0.6) is 5.75 Å². The number of carbonyl (C=O) groups excluding carboxylic acids is 1. The van der Waals surface area contributed by atoms with Gasteiger partial charge in [-0.15, -0.1) is 0 Å². The molecule has 1 amide bonds. The van der Waals surface area contributed by atoms with Crippen LogP contribution in [0.2, 0.25) is 0 Å². The summed E-state index contributed by atoms with van der Waals surface area (Å²) in [5.41, 5.74) is 3.06. The van der Waals surface area contributed by atoms with Crippen LogP contribution in [0.1, 0.15) is 34.5 Å². The van der Waals surface area contributed by atoms with Gasteiger partial charge in [0.1, 0.15) is 11.4 Å². The van der Waals surface area contributed by atoms with Gasteiger partial charge in [-0.1, -0.05) is 60.7 Å². The van der Waals surface area contributed by atoms with Crippen molar-refractivity contribution in [3.8, 4) is 5.75 Å². The summed E-state index contributed by atoms with van der Waals surface area (Å²) in [4.78, 5) is 22.2. The predicted molar refractivity (Wildman–Crippen MR) is 149 cm³/mol. The molecule has 0 radical (unpaired) electrons. The fraction of sp³-hybridized carbons (Fsp3) is 0.312. The number of benzene rings is 3. The van der Waals surface area contributed by atoms with E-state index in [4.69, 9.17) is 4.74 Å². The second-order valence-electron chi connectivity index (χ2n) is 10.0. The Bertz CT molecular complexity index is 1330. The number of aromatic nitrogens is 1. The van der Waals surface area contributed by atoms with Gasteiger partial charge in [0.2, 0.25) is 0 Å². The number of pyridine rings is 1. The molecule has 5 heteroatoms. The number of rotatable bonds is 8. The lowest BCUT2D eigenvalue weighted by Crippen LogP contribution is -2.47. The molecule has 3 aromatic carbocycles. The van der Waals surface area contributed by atoms with Crippen LogP contribution in [0.4, 0.5) is 0 Å². The molecule has 37 heavy (non-hydrogen) atoms. The maximum atomic E-state index is 13.4. The average Bonchev–Trinajstić information content (AvgIpc) is 2.96. The van der Waals surface area contributed by atoms with Crippen molar-refractivity contribution in [3.05, 3.63) is 108 Å². The zero-order valence-electron chi connectivity index (χ0n) is 21.7. The number of likely N-dealkylation sites (N-methyl/N-ethyl adjacent to an activating group) is 1. The average molecular weight is 494 g/mol. The van der Waals surface area contributed by atoms with Crippen molar-refractivity contribution in [3.63, 3.8) is 0 Å². The summed E-state index contributed by atoms with van der Waals surface area (Å²) in [7, 11) is 3.63. The SMILES string of the molecule is COc1cccc(CC(C2CCN(Cc3cccc4ccccc34)CC2)N(C)C(=O)c2ccccn2)c1. The molecule has 4 aromatic rings. The molecule has 0 N–H and O–H groups in total. The van der Waals surface area contributed by atoms with Gasteiger partial charge in [-0.05, 0) is 84.4 Å². The summed E-state index contributed by atoms with van der Waals surface area (Å²) >= 11 is 0. The van der Waals surface area contributed by atoms with E-state index in [9.17, 15) is 4.79 Å². The van der Waals surface area contributed by atoms with Crippen LogP contribution in [0.25, 0.3) is 10.8 Å². The lowest BCUT2D eigenvalue weighted by molar-refractivity contribution is 0.0580. The molecule has 1 saturated heterocycles. The molecule has 1 aliphatic heterocycles. The molecule has 5 nitrogen and oxygen atoms in total. The Morgan fingerprint density at radius 2 is 1.76 bits per heavy atom. The lowest BCUT2D eigenvalue weighted by atomic mass is 9.84. The largest absolute Gasteiger partial charge is 0.497 e. The van der Waals surface area contributed by atoms with E-state index in [1.807, 2.05) is 36.2 Å². The summed E-state index contributed by atoms with van der Waals surface area (Å²) in [5, 5.41) is 2.63. The third-order valence-corrected chi connectivity index (χ3v) is 7.73. The van der Waals surface area contributed by atoms with Crippen LogP contribution in [-0.2, 0) is 13.0 Å². The standard InChI is InChI=1S/C32H35N3O2/c1-34(32(36)30-15-5-6-18-33-30)31(22-24-9-7-13-28(21-24)37-2)26-16-19-35(20-17-26)23-27-12-8-11-25-10-3-4-14-29(25)27/h3-15,18,21,26,31H,16-17,19-20,22-23H2,1-2H3. The van der Waals surface area contributed by atoms with Crippen LogP contribution in [0.15, 0.2) is 91.1 Å². The molecule has 190 valence electrons. The molecule has 2 heterocycles. The maximum absolute atomic E-state index is 13.4. The maximum Gasteiger partial charge on any atom is 0.272 e. The minimum atomic E-state index is -0.0216. The summed E-state index contributed by atoms with van der Waals surface area (Å²) in [6.07, 6.45) is 4.59. The van der Waals surface area contributed by atoms with E-state index in [0.29, 0.717) is 11.6 Å². The van der Waals surface area contributed by atoms with Crippen molar-refractivity contribution in [2.24, 2.45) is 5.92 Å². The number of piperidine rings is 1. The molecule has 0 spiro atoms. The number of nitrogens with zero attached hydrogens (tertiary/aromatic N) is 3. The van der Waals surface area contributed by atoms with Gasteiger partial charge in [-0.2, -0.15) is 0 Å². The summed E-state index contributed by atoms with van der Waals surface area (Å²) in [6, 6.07) is 29.0. The van der Waals surface area contributed by atoms with Crippen molar-refractivity contribution in [2.75, 3.05) is 27.2 Å². The highest BCUT2D eigenvalue weighted by molar-refractivity contribution is 5.92. The van der Waals surface area contributed by atoms with Gasteiger partial charge in [-0.3, -0.25) is 14.7 Å². The molecule has 1 aromatic heterocycles. The molecular weight excluding hydrogens is 458 g/mol. The Hall–Kier alpha value is -3.70. The molecule has 1 atom stereocenters. The second-order valence-corrected chi connectivity index (χ2v) is 10.0. The van der Waals surface area contributed by atoms with Gasteiger partial charge in [0.05, 0.1) is 7.11 Å². The highest BCUT2D eigenvalue weighted by atomic mass is 16.5. The van der Waals surface area contributed by atoms with E-state index >= 15 is 0 Å². The van der Waals surface area contributed by atoms with E-state index < -0.39 is 0 Å². The molecule has 1 fully saturated rings. The highest BCUT2D eigenvalue weighted by Gasteiger charge is 2.32. The molecule has 0 saturated carbocycles. The zero-order chi connectivity index (χ0) is 25.6. The number of amides is 1. The normalized spacial score (nSPS) is 15.4. The monoisotopic (exact) mass is 493 g/mol. The van der Waals surface area contributed by atoms with Crippen molar-refractivity contribution in [2.45, 2.75) is 31.8 Å². The van der Waals surface area contributed by atoms with E-state index in [1.165, 1.54) is 21.9 Å². The van der Waals surface area contributed by atoms with Gasteiger partial charge in [0.25, 0.3) is 5.91 Å². The van der Waals surface area contributed by atoms with Gasteiger partial charge in [0, 0.05) is 25.8 Å². The lowest BCUT2D eigenvalue weighted by Gasteiger charge is -2.40. The van der Waals surface area contributed by atoms with E-state index in [0.717, 1.165) is 44.6 Å². The van der Waals surface area contributed by atoms with Crippen molar-refractivity contribution >= 4 is 16.7 Å². The number of fused-ring (bicyclic) bond motifs is 1. The minimum Gasteiger partial charge on any atom is -0.497 e. The Morgan fingerprint density at radius 1 is 1.00 bits per heavy atom. The van der Waals surface area contributed by atoms with Crippen LogP contribution >= 0.6 is 0 Å². The van der Waals surface area contributed by atoms with E-state index in [1.54, 1.807) is 19.4 Å². The number of likely N-dealkylation sites (tertiary alicyclic amines) is 1. The van der Waals surface area contributed by atoms with Crippen molar-refractivity contribution < 1.29 is 9.53 Å². The third kappa shape index (κ3) is 5.83. The first-order valence-corrected chi connectivity index (χ1v) is 13.1. The molecule has 1 unspecified atom stereocenters. The fourth-order valence-electron chi connectivity index (χ4n) is 5.65. The molecular formula is C32H35N3O2. The van der Waals surface area contributed by atoms with Crippen LogP contribution in [-0.4, -0.2) is 54.0 Å².